The molecule has 168 valence electrons. The zero-order chi connectivity index (χ0) is 21.6. The van der Waals surface area contributed by atoms with Crippen LogP contribution in [0.15, 0.2) is 46.8 Å². The van der Waals surface area contributed by atoms with Crippen molar-refractivity contribution in [2.75, 3.05) is 33.4 Å². The molecule has 0 bridgehead atoms. The summed E-state index contributed by atoms with van der Waals surface area (Å²) in [4.78, 5) is 11.8. The van der Waals surface area contributed by atoms with Crippen molar-refractivity contribution in [2.45, 2.75) is 52.1 Å². The Balaban J connectivity index is 0. The van der Waals surface area contributed by atoms with Crippen LogP contribution in [-0.4, -0.2) is 51.3 Å². The number of primary amides is 1. The second kappa shape index (κ2) is 14.0. The summed E-state index contributed by atoms with van der Waals surface area (Å²) in [6, 6.07) is 0.657. The lowest BCUT2D eigenvalue weighted by Crippen LogP contribution is -2.42. The van der Waals surface area contributed by atoms with Crippen molar-refractivity contribution in [1.82, 2.24) is 16.0 Å². The van der Waals surface area contributed by atoms with Gasteiger partial charge in [-0.15, -0.1) is 0 Å². The lowest BCUT2D eigenvalue weighted by atomic mass is 9.93. The highest BCUT2D eigenvalue weighted by Crippen LogP contribution is 2.23. The minimum absolute atomic E-state index is 0. The van der Waals surface area contributed by atoms with E-state index in [0.717, 1.165) is 57.0 Å². The second-order valence-corrected chi connectivity index (χ2v) is 6.79. The average Bonchev–Trinajstić information content (AvgIpc) is 2.76. The Hall–Kier alpha value is -2.09. The predicted molar refractivity (Wildman–Crippen MR) is 124 cm³/mol. The zero-order valence-electron chi connectivity index (χ0n) is 18.4. The largest absolute Gasteiger partial charge is 0.381 e. The molecule has 1 fully saturated rings. The number of nitrogens with one attached hydrogen (secondary N) is 3. The van der Waals surface area contributed by atoms with Crippen LogP contribution in [0, 0.1) is 0 Å². The Morgan fingerprint density at radius 1 is 1.24 bits per heavy atom. The van der Waals surface area contributed by atoms with Gasteiger partial charge in [0, 0.05) is 28.7 Å². The lowest BCUT2D eigenvalue weighted by Gasteiger charge is -2.29. The molecule has 7 N–H and O–H groups in total. The maximum Gasteiger partial charge on any atom is 0.252 e. The third-order valence-electron chi connectivity index (χ3n) is 4.76. The van der Waals surface area contributed by atoms with E-state index in [4.69, 9.17) is 10.5 Å². The van der Waals surface area contributed by atoms with E-state index < -0.39 is 5.91 Å². The summed E-state index contributed by atoms with van der Waals surface area (Å²) in [6.07, 6.45) is 11.3. The molecule has 1 aliphatic carbocycles. The van der Waals surface area contributed by atoms with Crippen molar-refractivity contribution in [3.63, 3.8) is 0 Å². The van der Waals surface area contributed by atoms with Crippen LogP contribution in [0.25, 0.3) is 0 Å². The molecule has 1 unspecified atom stereocenters. The minimum Gasteiger partial charge on any atom is -0.381 e. The SMILES string of the molecule is CC.CC1=CC2=CC(C(N)=O)=C(NCCCNC3CCOCC3)NC2C=C1.CN.[HH].[HH]. The topological polar surface area (TPSA) is 114 Å². The highest BCUT2D eigenvalue weighted by molar-refractivity contribution is 5.96. The Morgan fingerprint density at radius 2 is 1.93 bits per heavy atom. The van der Waals surface area contributed by atoms with Crippen LogP contribution in [0.2, 0.25) is 0 Å². The molecule has 2 heterocycles. The molecule has 1 amide bonds. The summed E-state index contributed by atoms with van der Waals surface area (Å²) in [5.74, 6) is 0.312. The molecule has 7 heteroatoms. The highest BCUT2D eigenvalue weighted by Gasteiger charge is 2.23. The Bertz CT molecular complexity index is 642. The molecule has 2 aliphatic heterocycles. The minimum atomic E-state index is -0.415. The lowest BCUT2D eigenvalue weighted by molar-refractivity contribution is -0.114. The van der Waals surface area contributed by atoms with E-state index >= 15 is 0 Å². The summed E-state index contributed by atoms with van der Waals surface area (Å²) >= 11 is 0. The Labute approximate surface area is 178 Å². The number of hydrogen-bond donors (Lipinski definition) is 5. The van der Waals surface area contributed by atoms with Crippen LogP contribution in [0.4, 0.5) is 0 Å². The molecule has 1 saturated heterocycles. The fraction of sp³-hybridized carbons (Fsp3) is 0.591. The maximum atomic E-state index is 11.8. The van der Waals surface area contributed by atoms with E-state index in [9.17, 15) is 4.79 Å². The van der Waals surface area contributed by atoms with E-state index in [1.807, 2.05) is 26.8 Å². The number of allylic oxidation sites excluding steroid dienone is 2. The molecule has 0 aromatic rings. The first kappa shape index (κ1) is 24.9. The third kappa shape index (κ3) is 8.04. The molecule has 0 saturated carbocycles. The molecule has 3 aliphatic rings. The van der Waals surface area contributed by atoms with Crippen LogP contribution in [0.3, 0.4) is 0 Å². The number of amides is 1. The highest BCUT2D eigenvalue weighted by atomic mass is 16.5. The number of ether oxygens (including phenoxy) is 1. The predicted octanol–water partition coefficient (Wildman–Crippen LogP) is 1.94. The van der Waals surface area contributed by atoms with E-state index in [2.05, 4.69) is 39.9 Å². The fourth-order valence-corrected chi connectivity index (χ4v) is 3.35. The normalized spacial score (nSPS) is 20.7. The van der Waals surface area contributed by atoms with Crippen molar-refractivity contribution in [3.8, 4) is 0 Å². The van der Waals surface area contributed by atoms with Gasteiger partial charge in [0.15, 0.2) is 0 Å². The number of carbonyl (C=O) groups is 1. The van der Waals surface area contributed by atoms with E-state index in [-0.39, 0.29) is 8.90 Å². The van der Waals surface area contributed by atoms with Crippen LogP contribution in [-0.2, 0) is 9.53 Å². The first-order valence-corrected chi connectivity index (χ1v) is 10.6. The van der Waals surface area contributed by atoms with Gasteiger partial charge in [0.05, 0.1) is 11.6 Å². The van der Waals surface area contributed by atoms with Crippen molar-refractivity contribution in [1.29, 1.82) is 0 Å². The first-order valence-electron chi connectivity index (χ1n) is 10.6. The van der Waals surface area contributed by atoms with Crippen molar-refractivity contribution < 1.29 is 12.4 Å². The zero-order valence-corrected chi connectivity index (χ0v) is 18.4. The van der Waals surface area contributed by atoms with E-state index in [0.29, 0.717) is 11.6 Å². The van der Waals surface area contributed by atoms with Crippen LogP contribution < -0.4 is 27.4 Å². The van der Waals surface area contributed by atoms with Gasteiger partial charge in [0.2, 0.25) is 0 Å². The third-order valence-corrected chi connectivity index (χ3v) is 4.76. The summed E-state index contributed by atoms with van der Waals surface area (Å²) < 4.78 is 5.37. The molecular weight excluding hydrogens is 366 g/mol. The Morgan fingerprint density at radius 3 is 2.59 bits per heavy atom. The van der Waals surface area contributed by atoms with Gasteiger partial charge in [-0.25, -0.2) is 0 Å². The number of carbonyl (C=O) groups excluding carboxylic acids is 1. The smallest absolute Gasteiger partial charge is 0.252 e. The maximum absolute atomic E-state index is 11.8. The standard InChI is InChI=1S/C19H28N4O2.C2H6.CH5N.2H2/c1-13-3-4-17-14(11-13)12-16(18(20)24)19(23-17)22-8-2-7-21-15-5-9-25-10-6-15;2*1-2;;/h3-4,11-12,15,17,21-23H,2,5-10H2,1H3,(H2,20,24);1-2H3;2H2,1H3;2*1H. The Kier molecular flexibility index (Phi) is 12.0. The fourth-order valence-electron chi connectivity index (χ4n) is 3.35. The first-order chi connectivity index (χ1) is 14.1. The van der Waals surface area contributed by atoms with Crippen molar-refractivity contribution >= 4 is 5.91 Å². The van der Waals surface area contributed by atoms with Crippen LogP contribution >= 0.6 is 0 Å². The molecule has 3 rings (SSSR count). The number of hydrogen-bond acceptors (Lipinski definition) is 6. The average molecular weight is 410 g/mol. The van der Waals surface area contributed by atoms with Gasteiger partial charge in [0.25, 0.3) is 5.91 Å². The number of nitrogens with two attached hydrogens (primary N) is 2. The van der Waals surface area contributed by atoms with Gasteiger partial charge in [-0.3, -0.25) is 4.79 Å². The second-order valence-electron chi connectivity index (χ2n) is 6.79. The van der Waals surface area contributed by atoms with Gasteiger partial charge in [-0.05, 0) is 51.4 Å². The van der Waals surface area contributed by atoms with Crippen LogP contribution in [0.5, 0.6) is 0 Å². The van der Waals surface area contributed by atoms with Gasteiger partial charge in [0.1, 0.15) is 5.82 Å². The van der Waals surface area contributed by atoms with Gasteiger partial charge >= 0.3 is 0 Å². The van der Waals surface area contributed by atoms with Gasteiger partial charge in [-0.1, -0.05) is 37.6 Å². The van der Waals surface area contributed by atoms with Crippen molar-refractivity contribution in [2.24, 2.45) is 11.5 Å². The summed E-state index contributed by atoms with van der Waals surface area (Å²) in [5, 5.41) is 10.3. The molecule has 0 aromatic heterocycles. The van der Waals surface area contributed by atoms with Crippen LogP contribution in [0.1, 0.15) is 42.9 Å². The number of dihydropyridines is 1. The molecule has 1 atom stereocenters. The molecule has 29 heavy (non-hydrogen) atoms. The summed E-state index contributed by atoms with van der Waals surface area (Å²) in [7, 11) is 1.50. The molecule has 0 aromatic carbocycles. The van der Waals surface area contributed by atoms with Gasteiger partial charge < -0.3 is 32.2 Å². The quantitative estimate of drug-likeness (QED) is 0.411. The summed E-state index contributed by atoms with van der Waals surface area (Å²) in [6.45, 7) is 9.48. The monoisotopic (exact) mass is 409 g/mol. The number of rotatable bonds is 7. The van der Waals surface area contributed by atoms with Crippen molar-refractivity contribution in [3.05, 3.63) is 46.8 Å². The number of fused-ring (bicyclic) bond motifs is 1. The van der Waals surface area contributed by atoms with E-state index in [1.54, 1.807) is 0 Å². The molecule has 0 radical (unpaired) electrons. The molecular formula is C22H43N5O2. The van der Waals surface area contributed by atoms with E-state index in [1.165, 1.54) is 12.6 Å². The molecule has 0 spiro atoms. The molecule has 7 nitrogen and oxygen atoms in total. The van der Waals surface area contributed by atoms with Gasteiger partial charge in [-0.2, -0.15) is 0 Å². The summed E-state index contributed by atoms with van der Waals surface area (Å²) in [5.41, 5.74) is 12.8.